The van der Waals surface area contributed by atoms with Gasteiger partial charge in [0.25, 0.3) is 11.8 Å². The van der Waals surface area contributed by atoms with Gasteiger partial charge in [-0.2, -0.15) is 4.98 Å². The first-order valence-electron chi connectivity index (χ1n) is 8.13. The number of hydrogen-bond acceptors (Lipinski definition) is 6. The van der Waals surface area contributed by atoms with E-state index in [4.69, 9.17) is 16.6 Å². The SMILES string of the molecule is O=C1c2c(Br)c(Br)c(Br)c(Br)c2C(=O)N1Cc1nc(=S)n(-c2ccccc2)c(=O)o1. The number of imide groups is 1. The molecule has 12 heteroatoms. The van der Waals surface area contributed by atoms with E-state index in [-0.39, 0.29) is 28.3 Å². The van der Waals surface area contributed by atoms with Crippen LogP contribution in [0.3, 0.4) is 0 Å². The van der Waals surface area contributed by atoms with Crippen LogP contribution in [0.1, 0.15) is 26.6 Å². The Balaban J connectivity index is 1.74. The summed E-state index contributed by atoms with van der Waals surface area (Å²) in [6, 6.07) is 8.65. The number of halogens is 4. The van der Waals surface area contributed by atoms with Gasteiger partial charge in [-0.1, -0.05) is 18.2 Å². The molecular formula is C18H7Br4N3O4S. The van der Waals surface area contributed by atoms with E-state index in [1.165, 1.54) is 0 Å². The maximum atomic E-state index is 12.9. The first-order chi connectivity index (χ1) is 14.2. The van der Waals surface area contributed by atoms with Crippen molar-refractivity contribution in [2.75, 3.05) is 0 Å². The van der Waals surface area contributed by atoms with Gasteiger partial charge in [0.15, 0.2) is 0 Å². The summed E-state index contributed by atoms with van der Waals surface area (Å²) in [7, 11) is 0. The Morgan fingerprint density at radius 1 is 0.867 bits per heavy atom. The zero-order chi connectivity index (χ0) is 21.7. The smallest absolute Gasteiger partial charge is 0.393 e. The Labute approximate surface area is 207 Å². The summed E-state index contributed by atoms with van der Waals surface area (Å²) in [5.74, 6) is -2.01. The van der Waals surface area contributed by atoms with Gasteiger partial charge in [-0.25, -0.2) is 9.36 Å². The Hall–Kier alpha value is -1.47. The van der Waals surface area contributed by atoms with Crippen LogP contribution in [0.2, 0.25) is 0 Å². The number of nitrogens with zero attached hydrogens (tertiary/aromatic N) is 3. The van der Waals surface area contributed by atoms with E-state index in [9.17, 15) is 14.4 Å². The van der Waals surface area contributed by atoms with E-state index < -0.39 is 17.6 Å². The maximum Gasteiger partial charge on any atom is 0.427 e. The average Bonchev–Trinajstić information content (AvgIpc) is 2.96. The second kappa shape index (κ2) is 8.23. The highest BCUT2D eigenvalue weighted by Crippen LogP contribution is 2.45. The molecule has 0 N–H and O–H groups in total. The van der Waals surface area contributed by atoms with Gasteiger partial charge in [0.05, 0.1) is 16.8 Å². The van der Waals surface area contributed by atoms with Gasteiger partial charge in [0.1, 0.15) is 6.54 Å². The molecule has 7 nitrogen and oxygen atoms in total. The first kappa shape index (κ1) is 21.8. The molecule has 2 amide bonds. The van der Waals surface area contributed by atoms with Crippen molar-refractivity contribution >= 4 is 87.8 Å². The third-order valence-electron chi connectivity index (χ3n) is 4.29. The topological polar surface area (TPSA) is 85.4 Å². The molecule has 0 aliphatic carbocycles. The number of para-hydroxylation sites is 1. The molecule has 0 unspecified atom stereocenters. The molecule has 0 bridgehead atoms. The third kappa shape index (κ3) is 3.48. The van der Waals surface area contributed by atoms with E-state index in [2.05, 4.69) is 68.7 Å². The fourth-order valence-electron chi connectivity index (χ4n) is 2.94. The second-order valence-corrected chi connectivity index (χ2v) is 9.57. The van der Waals surface area contributed by atoms with Crippen LogP contribution in [0.15, 0.2) is 57.4 Å². The Morgan fingerprint density at radius 2 is 1.40 bits per heavy atom. The minimum Gasteiger partial charge on any atom is -0.393 e. The highest BCUT2D eigenvalue weighted by atomic mass is 79.9. The zero-order valence-electron chi connectivity index (χ0n) is 14.5. The molecule has 1 aliphatic rings. The van der Waals surface area contributed by atoms with Crippen LogP contribution >= 0.6 is 75.9 Å². The summed E-state index contributed by atoms with van der Waals surface area (Å²) >= 11 is 18.7. The molecule has 0 radical (unpaired) electrons. The van der Waals surface area contributed by atoms with Crippen molar-refractivity contribution in [2.45, 2.75) is 6.54 Å². The number of amides is 2. The molecule has 0 saturated heterocycles. The molecule has 3 aromatic rings. The lowest BCUT2D eigenvalue weighted by molar-refractivity contribution is 0.0624. The first-order valence-corrected chi connectivity index (χ1v) is 11.7. The Kier molecular flexibility index (Phi) is 5.96. The molecule has 0 spiro atoms. The molecule has 0 atom stereocenters. The molecule has 0 saturated carbocycles. The predicted octanol–water partition coefficient (Wildman–Crippen LogP) is 5.40. The third-order valence-corrected chi connectivity index (χ3v) is 9.33. The van der Waals surface area contributed by atoms with Gasteiger partial charge in [-0.15, -0.1) is 0 Å². The minimum atomic E-state index is -0.763. The molecular weight excluding hydrogens is 674 g/mol. The van der Waals surface area contributed by atoms with Gasteiger partial charge >= 0.3 is 5.76 Å². The number of fused-ring (bicyclic) bond motifs is 1. The average molecular weight is 681 g/mol. The summed E-state index contributed by atoms with van der Waals surface area (Å²) in [4.78, 5) is 43.4. The zero-order valence-corrected chi connectivity index (χ0v) is 21.6. The van der Waals surface area contributed by atoms with Crippen molar-refractivity contribution in [2.24, 2.45) is 0 Å². The predicted molar refractivity (Wildman–Crippen MR) is 124 cm³/mol. The minimum absolute atomic E-state index is 0.0445. The molecule has 0 fully saturated rings. The highest BCUT2D eigenvalue weighted by molar-refractivity contribution is 9.15. The van der Waals surface area contributed by atoms with Crippen LogP contribution in [0, 0.1) is 4.77 Å². The fourth-order valence-corrected chi connectivity index (χ4v) is 5.68. The second-order valence-electron chi connectivity index (χ2n) is 6.03. The van der Waals surface area contributed by atoms with Crippen LogP contribution < -0.4 is 5.76 Å². The van der Waals surface area contributed by atoms with Crippen molar-refractivity contribution in [3.8, 4) is 5.69 Å². The van der Waals surface area contributed by atoms with E-state index >= 15 is 0 Å². The monoisotopic (exact) mass is 677 g/mol. The molecule has 2 aromatic carbocycles. The molecule has 152 valence electrons. The normalized spacial score (nSPS) is 13.1. The Bertz CT molecular complexity index is 1280. The number of aromatic nitrogens is 2. The van der Waals surface area contributed by atoms with Crippen LogP contribution in [0.5, 0.6) is 0 Å². The van der Waals surface area contributed by atoms with Crippen LogP contribution in [-0.2, 0) is 6.54 Å². The van der Waals surface area contributed by atoms with Crippen molar-refractivity contribution in [3.63, 3.8) is 0 Å². The molecule has 1 aromatic heterocycles. The maximum absolute atomic E-state index is 12.9. The lowest BCUT2D eigenvalue weighted by atomic mass is 10.1. The quantitative estimate of drug-likeness (QED) is 0.160. The van der Waals surface area contributed by atoms with Gasteiger partial charge in [0, 0.05) is 17.9 Å². The summed E-state index contributed by atoms with van der Waals surface area (Å²) in [6.45, 7) is -0.338. The molecule has 30 heavy (non-hydrogen) atoms. The van der Waals surface area contributed by atoms with E-state index in [0.717, 1.165) is 9.47 Å². The fraction of sp³-hybridized carbons (Fsp3) is 0.0556. The molecule has 2 heterocycles. The van der Waals surface area contributed by atoms with Crippen molar-refractivity contribution < 1.29 is 14.0 Å². The largest absolute Gasteiger partial charge is 0.427 e. The standard InChI is InChI=1S/C18H7Br4N3O4S/c19-11-9-10(12(20)14(22)13(11)21)16(27)24(15(9)26)6-8-23-17(30)25(18(28)29-8)7-4-2-1-3-5-7/h1-5H,6H2. The summed E-state index contributed by atoms with van der Waals surface area (Å²) < 4.78 is 8.36. The number of carbonyl (C=O) groups is 2. The molecule has 4 rings (SSSR count). The molecule has 1 aliphatic heterocycles. The highest BCUT2D eigenvalue weighted by Gasteiger charge is 2.41. The summed E-state index contributed by atoms with van der Waals surface area (Å²) in [5.41, 5.74) is 0.884. The Morgan fingerprint density at radius 3 is 1.90 bits per heavy atom. The van der Waals surface area contributed by atoms with Crippen LogP contribution in [0.4, 0.5) is 0 Å². The lowest BCUT2D eigenvalue weighted by Gasteiger charge is -2.12. The van der Waals surface area contributed by atoms with E-state index in [1.807, 2.05) is 0 Å². The lowest BCUT2D eigenvalue weighted by Crippen LogP contribution is -2.31. The van der Waals surface area contributed by atoms with Crippen molar-refractivity contribution in [1.82, 2.24) is 14.5 Å². The number of carbonyl (C=O) groups excluding carboxylic acids is 2. The van der Waals surface area contributed by atoms with E-state index in [1.54, 1.807) is 30.3 Å². The van der Waals surface area contributed by atoms with Gasteiger partial charge in [-0.05, 0) is 88.1 Å². The summed E-state index contributed by atoms with van der Waals surface area (Å²) in [5, 5.41) is 0. The number of benzene rings is 2. The van der Waals surface area contributed by atoms with Gasteiger partial charge in [-0.3, -0.25) is 14.5 Å². The number of rotatable bonds is 3. The van der Waals surface area contributed by atoms with Crippen molar-refractivity contribution in [1.29, 1.82) is 0 Å². The van der Waals surface area contributed by atoms with E-state index in [0.29, 0.717) is 23.6 Å². The van der Waals surface area contributed by atoms with Crippen molar-refractivity contribution in [3.05, 3.63) is 80.6 Å². The summed E-state index contributed by atoms with van der Waals surface area (Å²) in [6.07, 6.45) is 0. The van der Waals surface area contributed by atoms with Crippen LogP contribution in [0.25, 0.3) is 5.69 Å². The van der Waals surface area contributed by atoms with Gasteiger partial charge in [0.2, 0.25) is 10.7 Å². The van der Waals surface area contributed by atoms with Crippen LogP contribution in [-0.4, -0.2) is 26.3 Å². The number of hydrogen-bond donors (Lipinski definition) is 0. The van der Waals surface area contributed by atoms with Gasteiger partial charge < -0.3 is 4.42 Å².